The standard InChI is InChI=1S/C29H30F8N6O2/c1-4-16-9-13(2)45-27-20(26(44)41-8-7-40-16)25(42-12-15-11-39-6-5-18(15)28(32,33)34)23(31)24(43-27)17-10-19(38)22(30)14(3)21(17)29(35,36)37/h5-6,10-11,13,16,40H,4,7-9,12,38H2,1-3H3,(H,41,44)(H,42,43)/t13-,16?/m0/s1. The van der Waals surface area contributed by atoms with Crippen molar-refractivity contribution in [1.29, 1.82) is 0 Å². The Balaban J connectivity index is 2.00. The van der Waals surface area contributed by atoms with Crippen molar-refractivity contribution in [3.63, 3.8) is 0 Å². The lowest BCUT2D eigenvalue weighted by molar-refractivity contribution is -0.138. The number of pyridine rings is 2. The van der Waals surface area contributed by atoms with Crippen LogP contribution in [0.5, 0.6) is 5.88 Å². The summed E-state index contributed by atoms with van der Waals surface area (Å²) in [7, 11) is 0. The predicted molar refractivity (Wildman–Crippen MR) is 149 cm³/mol. The van der Waals surface area contributed by atoms with Gasteiger partial charge in [-0.15, -0.1) is 0 Å². The van der Waals surface area contributed by atoms with Gasteiger partial charge in [0, 0.05) is 49.2 Å². The first-order valence-corrected chi connectivity index (χ1v) is 13.9. The molecule has 1 aromatic carbocycles. The Bertz CT molecular complexity index is 1580. The number of amides is 1. The SMILES string of the molecule is CCC1C[C@H](C)Oc2nc(-c3cc(N)c(F)c(C)c3C(F)(F)F)c(F)c(NCc3cnccc3C(F)(F)F)c2C(=O)NCCN1. The van der Waals surface area contributed by atoms with Crippen molar-refractivity contribution in [2.45, 2.75) is 64.7 Å². The van der Waals surface area contributed by atoms with E-state index < -0.39 is 98.9 Å². The van der Waals surface area contributed by atoms with Gasteiger partial charge in [0.25, 0.3) is 5.91 Å². The van der Waals surface area contributed by atoms with Crippen LogP contribution in [0.25, 0.3) is 11.3 Å². The molecule has 0 saturated carbocycles. The summed E-state index contributed by atoms with van der Waals surface area (Å²) in [4.78, 5) is 21.1. The fourth-order valence-electron chi connectivity index (χ4n) is 5.16. The molecule has 45 heavy (non-hydrogen) atoms. The minimum absolute atomic E-state index is 0.0404. The number of carbonyl (C=O) groups excluding carboxylic acids is 1. The summed E-state index contributed by atoms with van der Waals surface area (Å²) in [5.41, 5.74) is -2.52. The zero-order valence-electron chi connectivity index (χ0n) is 24.3. The fraction of sp³-hybridized carbons (Fsp3) is 0.414. The summed E-state index contributed by atoms with van der Waals surface area (Å²) >= 11 is 0. The number of rotatable bonds is 5. The van der Waals surface area contributed by atoms with Crippen molar-refractivity contribution in [3.05, 3.63) is 64.0 Å². The molecule has 1 aliphatic heterocycles. The average molecular weight is 647 g/mol. The van der Waals surface area contributed by atoms with Crippen LogP contribution in [0.15, 0.2) is 24.5 Å². The second-order valence-corrected chi connectivity index (χ2v) is 10.5. The molecule has 8 nitrogen and oxygen atoms in total. The van der Waals surface area contributed by atoms with E-state index in [1.807, 2.05) is 6.92 Å². The third-order valence-corrected chi connectivity index (χ3v) is 7.33. The molecule has 3 aromatic rings. The number of ether oxygens (including phenoxy) is 1. The van der Waals surface area contributed by atoms with Gasteiger partial charge in [0.15, 0.2) is 5.82 Å². The van der Waals surface area contributed by atoms with E-state index in [9.17, 15) is 35.5 Å². The van der Waals surface area contributed by atoms with Gasteiger partial charge >= 0.3 is 12.4 Å². The first-order valence-electron chi connectivity index (χ1n) is 13.9. The summed E-state index contributed by atoms with van der Waals surface area (Å²) in [5, 5.41) is 8.22. The van der Waals surface area contributed by atoms with Gasteiger partial charge in [-0.3, -0.25) is 9.78 Å². The van der Waals surface area contributed by atoms with E-state index >= 15 is 4.39 Å². The highest BCUT2D eigenvalue weighted by Crippen LogP contribution is 2.45. The molecule has 1 amide bonds. The number of nitrogen functional groups attached to an aromatic ring is 1. The number of aromatic nitrogens is 2. The second kappa shape index (κ2) is 13.0. The lowest BCUT2D eigenvalue weighted by Crippen LogP contribution is -2.37. The second-order valence-electron chi connectivity index (χ2n) is 10.5. The molecule has 2 atom stereocenters. The third kappa shape index (κ3) is 7.21. The fourth-order valence-corrected chi connectivity index (χ4v) is 5.16. The molecule has 5 N–H and O–H groups in total. The highest BCUT2D eigenvalue weighted by molar-refractivity contribution is 6.03. The number of fused-ring (bicyclic) bond motifs is 1. The van der Waals surface area contributed by atoms with Crippen LogP contribution in [0.3, 0.4) is 0 Å². The number of alkyl halides is 6. The summed E-state index contributed by atoms with van der Waals surface area (Å²) < 4.78 is 121. The van der Waals surface area contributed by atoms with Gasteiger partial charge in [0.1, 0.15) is 17.1 Å². The summed E-state index contributed by atoms with van der Waals surface area (Å²) in [6.45, 7) is 3.90. The largest absolute Gasteiger partial charge is 0.474 e. The topological polar surface area (TPSA) is 114 Å². The Kier molecular flexibility index (Phi) is 9.75. The van der Waals surface area contributed by atoms with Crippen LogP contribution < -0.4 is 26.4 Å². The van der Waals surface area contributed by atoms with E-state index in [0.717, 1.165) is 19.3 Å². The molecular weight excluding hydrogens is 616 g/mol. The number of nitrogens with zero attached hydrogens (tertiary/aromatic N) is 2. The van der Waals surface area contributed by atoms with Gasteiger partial charge in [-0.1, -0.05) is 6.92 Å². The van der Waals surface area contributed by atoms with Gasteiger partial charge in [0.2, 0.25) is 5.88 Å². The molecule has 3 heterocycles. The molecule has 4 rings (SSSR count). The smallest absolute Gasteiger partial charge is 0.417 e. The Hall–Kier alpha value is -4.21. The molecular formula is C29H30F8N6O2. The normalized spacial score (nSPS) is 18.0. The van der Waals surface area contributed by atoms with Gasteiger partial charge in [-0.25, -0.2) is 13.8 Å². The Morgan fingerprint density at radius 3 is 2.47 bits per heavy atom. The quantitative estimate of drug-likeness (QED) is 0.192. The van der Waals surface area contributed by atoms with E-state index in [0.29, 0.717) is 31.5 Å². The number of anilines is 2. The minimum Gasteiger partial charge on any atom is -0.474 e. The number of benzene rings is 1. The number of carbonyl (C=O) groups is 1. The molecule has 0 radical (unpaired) electrons. The molecule has 16 heteroatoms. The van der Waals surface area contributed by atoms with Crippen molar-refractivity contribution in [2.75, 3.05) is 24.1 Å². The predicted octanol–water partition coefficient (Wildman–Crippen LogP) is 6.23. The molecule has 244 valence electrons. The van der Waals surface area contributed by atoms with Crippen molar-refractivity contribution in [2.24, 2.45) is 0 Å². The molecule has 0 bridgehead atoms. The molecule has 0 saturated heterocycles. The Morgan fingerprint density at radius 1 is 1.11 bits per heavy atom. The van der Waals surface area contributed by atoms with E-state index in [4.69, 9.17) is 10.5 Å². The van der Waals surface area contributed by atoms with Crippen molar-refractivity contribution in [3.8, 4) is 17.1 Å². The van der Waals surface area contributed by atoms with Crippen molar-refractivity contribution < 1.29 is 44.7 Å². The van der Waals surface area contributed by atoms with Crippen LogP contribution in [0, 0.1) is 18.6 Å². The molecule has 0 aliphatic carbocycles. The lowest BCUT2D eigenvalue weighted by Gasteiger charge is -2.24. The Labute approximate surface area is 252 Å². The first kappa shape index (κ1) is 33.7. The van der Waals surface area contributed by atoms with Crippen LogP contribution in [0.1, 0.15) is 59.3 Å². The van der Waals surface area contributed by atoms with E-state index in [-0.39, 0.29) is 12.6 Å². The van der Waals surface area contributed by atoms with Crippen LogP contribution in [0.4, 0.5) is 46.5 Å². The minimum atomic E-state index is -5.21. The highest BCUT2D eigenvalue weighted by Gasteiger charge is 2.40. The van der Waals surface area contributed by atoms with Gasteiger partial charge < -0.3 is 26.4 Å². The van der Waals surface area contributed by atoms with Crippen molar-refractivity contribution in [1.82, 2.24) is 20.6 Å². The maximum Gasteiger partial charge on any atom is 0.417 e. The van der Waals surface area contributed by atoms with E-state index in [2.05, 4.69) is 25.9 Å². The first-order chi connectivity index (χ1) is 21.0. The monoisotopic (exact) mass is 646 g/mol. The summed E-state index contributed by atoms with van der Waals surface area (Å²) in [6.07, 6.45) is -7.97. The zero-order valence-corrected chi connectivity index (χ0v) is 24.3. The van der Waals surface area contributed by atoms with Gasteiger partial charge in [0.05, 0.1) is 28.6 Å². The number of nitrogens with one attached hydrogen (secondary N) is 3. The number of hydrogen-bond donors (Lipinski definition) is 4. The number of hydrogen-bond acceptors (Lipinski definition) is 7. The molecule has 0 fully saturated rings. The lowest BCUT2D eigenvalue weighted by atomic mass is 9.95. The third-order valence-electron chi connectivity index (χ3n) is 7.33. The highest BCUT2D eigenvalue weighted by atomic mass is 19.4. The molecule has 1 aliphatic rings. The summed E-state index contributed by atoms with van der Waals surface area (Å²) in [6, 6.07) is 1.15. The number of nitrogens with two attached hydrogens (primary N) is 1. The van der Waals surface area contributed by atoms with Crippen LogP contribution in [-0.2, 0) is 18.9 Å². The van der Waals surface area contributed by atoms with Gasteiger partial charge in [-0.05, 0) is 44.4 Å². The van der Waals surface area contributed by atoms with E-state index in [1.165, 1.54) is 0 Å². The van der Waals surface area contributed by atoms with E-state index in [1.54, 1.807) is 6.92 Å². The molecule has 1 unspecified atom stereocenters. The molecule has 2 aromatic heterocycles. The van der Waals surface area contributed by atoms with Gasteiger partial charge in [-0.2, -0.15) is 26.3 Å². The average Bonchev–Trinajstić information content (AvgIpc) is 2.98. The molecule has 0 spiro atoms. The zero-order chi connectivity index (χ0) is 33.3. The maximum absolute atomic E-state index is 16.5. The van der Waals surface area contributed by atoms with Crippen molar-refractivity contribution >= 4 is 17.3 Å². The summed E-state index contributed by atoms with van der Waals surface area (Å²) in [5.74, 6) is -4.46. The van der Waals surface area contributed by atoms with Crippen LogP contribution >= 0.6 is 0 Å². The van der Waals surface area contributed by atoms with Crippen LogP contribution in [-0.4, -0.2) is 41.1 Å². The van der Waals surface area contributed by atoms with Crippen LogP contribution in [0.2, 0.25) is 0 Å². The Morgan fingerprint density at radius 2 is 1.82 bits per heavy atom. The number of halogens is 8. The maximum atomic E-state index is 16.5.